The van der Waals surface area contributed by atoms with E-state index >= 15 is 0 Å². The smallest absolute Gasteiger partial charge is 0.246 e. The van der Waals surface area contributed by atoms with Gasteiger partial charge in [0.25, 0.3) is 0 Å². The molecule has 0 saturated heterocycles. The van der Waals surface area contributed by atoms with Crippen LogP contribution in [0.1, 0.15) is 11.7 Å². The number of sulfone groups is 1. The number of aromatic nitrogens is 4. The monoisotopic (exact) mass is 721 g/mol. The number of anilines is 1. The maximum atomic E-state index is 14.6. The van der Waals surface area contributed by atoms with E-state index in [0.29, 0.717) is 34.8 Å². The van der Waals surface area contributed by atoms with Crippen molar-refractivity contribution in [2.24, 2.45) is 0 Å². The maximum absolute atomic E-state index is 14.6. The van der Waals surface area contributed by atoms with E-state index in [9.17, 15) is 21.2 Å². The SMILES string of the molecule is COc1cccc(-c2nnc(N(CC[Si](C)(C)C)S(=O)(=O)C[C@@H](OC)c3ccc(F)cc3S(C)(=O)=O)n2-c2c(OC)cccc2OC)n1. The van der Waals surface area contributed by atoms with E-state index in [1.807, 2.05) is 0 Å². The van der Waals surface area contributed by atoms with Crippen LogP contribution in [0.25, 0.3) is 17.2 Å². The van der Waals surface area contributed by atoms with Crippen LogP contribution in [0.4, 0.5) is 10.3 Å². The molecule has 0 N–H and O–H groups in total. The summed E-state index contributed by atoms with van der Waals surface area (Å²) in [6, 6.07) is 13.8. The van der Waals surface area contributed by atoms with Crippen molar-refractivity contribution in [1.82, 2.24) is 19.7 Å². The van der Waals surface area contributed by atoms with Crippen LogP contribution in [-0.2, 0) is 24.6 Å². The van der Waals surface area contributed by atoms with Gasteiger partial charge in [-0.05, 0) is 36.4 Å². The normalized spacial score (nSPS) is 12.9. The molecule has 0 aliphatic heterocycles. The zero-order valence-corrected chi connectivity index (χ0v) is 30.7. The molecule has 0 aliphatic rings. The molecule has 13 nitrogen and oxygen atoms in total. The lowest BCUT2D eigenvalue weighted by molar-refractivity contribution is 0.119. The maximum Gasteiger partial charge on any atom is 0.246 e. The Morgan fingerprint density at radius 1 is 0.896 bits per heavy atom. The molecule has 0 unspecified atom stereocenters. The van der Waals surface area contributed by atoms with E-state index in [1.54, 1.807) is 36.4 Å². The van der Waals surface area contributed by atoms with Crippen LogP contribution in [0.2, 0.25) is 25.7 Å². The molecule has 4 aromatic rings. The number of nitrogens with zero attached hydrogens (tertiary/aromatic N) is 5. The molecule has 17 heteroatoms. The summed E-state index contributed by atoms with van der Waals surface area (Å²) in [5.41, 5.74) is 0.642. The number of ether oxygens (including phenoxy) is 4. The van der Waals surface area contributed by atoms with Gasteiger partial charge in [-0.25, -0.2) is 30.5 Å². The van der Waals surface area contributed by atoms with Crippen molar-refractivity contribution in [3.63, 3.8) is 0 Å². The Kier molecular flexibility index (Phi) is 11.2. The number of hydrogen-bond donors (Lipinski definition) is 0. The molecule has 0 aliphatic carbocycles. The number of halogens is 1. The quantitative estimate of drug-likeness (QED) is 0.156. The summed E-state index contributed by atoms with van der Waals surface area (Å²) in [6.45, 7) is 6.32. The Morgan fingerprint density at radius 3 is 2.10 bits per heavy atom. The molecule has 0 amide bonds. The fraction of sp³-hybridized carbons (Fsp3) is 0.387. The molecule has 1 atom stereocenters. The molecular formula is C31H40FN5O8S2Si. The van der Waals surface area contributed by atoms with Gasteiger partial charge in [-0.1, -0.05) is 37.8 Å². The predicted molar refractivity (Wildman–Crippen MR) is 183 cm³/mol. The predicted octanol–water partition coefficient (Wildman–Crippen LogP) is 4.76. The number of rotatable bonds is 15. The fourth-order valence-corrected chi connectivity index (χ4v) is 8.60. The van der Waals surface area contributed by atoms with Crippen molar-refractivity contribution in [3.05, 3.63) is 66.0 Å². The van der Waals surface area contributed by atoms with Gasteiger partial charge in [0.15, 0.2) is 15.7 Å². The first-order valence-electron chi connectivity index (χ1n) is 14.8. The Bertz CT molecular complexity index is 1960. The van der Waals surface area contributed by atoms with E-state index < -0.39 is 45.6 Å². The van der Waals surface area contributed by atoms with Crippen LogP contribution in [0.3, 0.4) is 0 Å². The summed E-state index contributed by atoms with van der Waals surface area (Å²) in [5.74, 6) is -0.448. The molecule has 0 bridgehead atoms. The second kappa shape index (κ2) is 14.6. The van der Waals surface area contributed by atoms with Gasteiger partial charge in [0.2, 0.25) is 21.9 Å². The lowest BCUT2D eigenvalue weighted by atomic mass is 10.1. The largest absolute Gasteiger partial charge is 0.494 e. The van der Waals surface area contributed by atoms with Crippen LogP contribution in [-0.4, -0.2) is 91.7 Å². The van der Waals surface area contributed by atoms with Crippen molar-refractivity contribution < 1.29 is 40.2 Å². The lowest BCUT2D eigenvalue weighted by Crippen LogP contribution is -2.40. The fourth-order valence-electron chi connectivity index (χ4n) is 4.98. The highest BCUT2D eigenvalue weighted by Crippen LogP contribution is 2.39. The van der Waals surface area contributed by atoms with E-state index in [2.05, 4.69) is 34.8 Å². The first-order chi connectivity index (χ1) is 22.5. The van der Waals surface area contributed by atoms with Gasteiger partial charge in [-0.3, -0.25) is 4.57 Å². The molecule has 0 fully saturated rings. The molecule has 2 aromatic carbocycles. The van der Waals surface area contributed by atoms with E-state index in [-0.39, 0.29) is 28.8 Å². The van der Waals surface area contributed by atoms with Crippen molar-refractivity contribution in [2.45, 2.75) is 36.7 Å². The zero-order chi connectivity index (χ0) is 35.4. The Morgan fingerprint density at radius 2 is 1.54 bits per heavy atom. The first kappa shape index (κ1) is 36.8. The van der Waals surface area contributed by atoms with Crippen LogP contribution in [0.15, 0.2) is 59.5 Å². The number of methoxy groups -OCH3 is 4. The van der Waals surface area contributed by atoms with E-state index in [0.717, 1.165) is 22.7 Å². The lowest BCUT2D eigenvalue weighted by Gasteiger charge is -2.29. The molecular weight excluding hydrogens is 682 g/mol. The third-order valence-corrected chi connectivity index (χ3v) is 12.0. The van der Waals surface area contributed by atoms with Crippen LogP contribution in [0.5, 0.6) is 17.4 Å². The molecule has 260 valence electrons. The van der Waals surface area contributed by atoms with Gasteiger partial charge in [0, 0.05) is 39.6 Å². The third-order valence-electron chi connectivity index (χ3n) is 7.43. The van der Waals surface area contributed by atoms with Crippen molar-refractivity contribution >= 4 is 33.9 Å². The second-order valence-corrected chi connectivity index (χ2v) is 21.6. The minimum absolute atomic E-state index is 0.00394. The number of para-hydroxylation sites is 1. The minimum Gasteiger partial charge on any atom is -0.494 e. The Labute approximate surface area is 281 Å². The second-order valence-electron chi connectivity index (χ2n) is 12.1. The van der Waals surface area contributed by atoms with Crippen molar-refractivity contribution in [1.29, 1.82) is 0 Å². The van der Waals surface area contributed by atoms with E-state index in [4.69, 9.17) is 18.9 Å². The summed E-state index contributed by atoms with van der Waals surface area (Å²) < 4.78 is 93.6. The molecule has 2 heterocycles. The number of benzene rings is 2. The number of sulfonamides is 1. The van der Waals surface area contributed by atoms with Gasteiger partial charge >= 0.3 is 0 Å². The van der Waals surface area contributed by atoms with Gasteiger partial charge < -0.3 is 18.9 Å². The Hall–Kier alpha value is -4.06. The van der Waals surface area contributed by atoms with Crippen LogP contribution < -0.4 is 18.5 Å². The summed E-state index contributed by atoms with van der Waals surface area (Å²) in [5, 5.41) is 8.83. The standard InChI is InChI=1S/C31H40FN5O8S2Si/c1-42-24-12-10-13-25(43-2)29(24)37-30(23-11-9-14-28(33-23)45-4)34-35-31(37)36(17-18-48(6,7)8)47(40,41)20-26(44-3)22-16-15-21(32)19-27(22)46(5,38)39/h9-16,19,26H,17-18,20H2,1-8H3/t26-/m1/s1. The summed E-state index contributed by atoms with van der Waals surface area (Å²) in [4.78, 5) is 4.16. The number of hydrogen-bond acceptors (Lipinski definition) is 11. The first-order valence-corrected chi connectivity index (χ1v) is 22.0. The minimum atomic E-state index is -4.39. The highest BCUT2D eigenvalue weighted by molar-refractivity contribution is 7.92. The number of pyridine rings is 1. The van der Waals surface area contributed by atoms with E-state index in [1.165, 1.54) is 39.1 Å². The zero-order valence-electron chi connectivity index (χ0n) is 28.1. The van der Waals surface area contributed by atoms with Crippen molar-refractivity contribution in [2.75, 3.05) is 51.3 Å². The molecule has 4 rings (SSSR count). The topological polar surface area (TPSA) is 152 Å². The summed E-state index contributed by atoms with van der Waals surface area (Å²) in [6.07, 6.45) is -0.365. The van der Waals surface area contributed by atoms with Crippen molar-refractivity contribution in [3.8, 4) is 34.6 Å². The van der Waals surface area contributed by atoms with Gasteiger partial charge in [-0.2, -0.15) is 0 Å². The molecule has 48 heavy (non-hydrogen) atoms. The van der Waals surface area contributed by atoms with Crippen LogP contribution in [0, 0.1) is 5.82 Å². The summed E-state index contributed by atoms with van der Waals surface area (Å²) >= 11 is 0. The molecule has 0 radical (unpaired) electrons. The molecule has 0 saturated carbocycles. The van der Waals surface area contributed by atoms with Crippen LogP contribution >= 0.6 is 0 Å². The molecule has 0 spiro atoms. The van der Waals surface area contributed by atoms with Gasteiger partial charge in [0.05, 0.1) is 38.1 Å². The summed E-state index contributed by atoms with van der Waals surface area (Å²) in [7, 11) is -4.55. The Balaban J connectivity index is 2.00. The third kappa shape index (κ3) is 8.14. The average Bonchev–Trinajstić information content (AvgIpc) is 3.46. The highest BCUT2D eigenvalue weighted by Gasteiger charge is 2.36. The highest BCUT2D eigenvalue weighted by atomic mass is 32.2. The van der Waals surface area contributed by atoms with Gasteiger partial charge in [-0.15, -0.1) is 10.2 Å². The molecule has 2 aromatic heterocycles. The average molecular weight is 722 g/mol. The van der Waals surface area contributed by atoms with Gasteiger partial charge in [0.1, 0.15) is 28.7 Å².